The van der Waals surface area contributed by atoms with Crippen LogP contribution in [0.5, 0.6) is 0 Å². The van der Waals surface area contributed by atoms with Crippen molar-refractivity contribution < 1.29 is 9.53 Å². The van der Waals surface area contributed by atoms with Crippen LogP contribution in [0.4, 0.5) is 0 Å². The lowest BCUT2D eigenvalue weighted by molar-refractivity contribution is 0.0550. The van der Waals surface area contributed by atoms with E-state index in [1.54, 1.807) is 24.3 Å². The Kier molecular flexibility index (Phi) is 4.69. The van der Waals surface area contributed by atoms with Gasteiger partial charge in [0.1, 0.15) is 6.61 Å². The van der Waals surface area contributed by atoms with Crippen LogP contribution >= 0.6 is 0 Å². The van der Waals surface area contributed by atoms with E-state index in [2.05, 4.69) is 0 Å². The zero-order valence-electron chi connectivity index (χ0n) is 10.8. The van der Waals surface area contributed by atoms with Crippen molar-refractivity contribution in [2.75, 3.05) is 6.61 Å². The number of hydrogen-bond donors (Lipinski definition) is 0. The zero-order valence-corrected chi connectivity index (χ0v) is 10.8. The number of rotatable bonds is 4. The van der Waals surface area contributed by atoms with Crippen molar-refractivity contribution in [2.45, 2.75) is 0 Å². The van der Waals surface area contributed by atoms with Crippen LogP contribution < -0.4 is 0 Å². The predicted molar refractivity (Wildman–Crippen MR) is 76.9 cm³/mol. The molecule has 0 saturated carbocycles. The maximum Gasteiger partial charge on any atom is 0.338 e. The fraction of sp³-hybridized carbons (Fsp3) is 0.0588. The van der Waals surface area contributed by atoms with Crippen LogP contribution in [0, 0.1) is 11.3 Å². The second-order valence-corrected chi connectivity index (χ2v) is 4.10. The number of benzene rings is 2. The molecule has 0 unspecified atom stereocenters. The van der Waals surface area contributed by atoms with Gasteiger partial charge in [0.25, 0.3) is 0 Å². The Hall–Kier alpha value is -2.86. The van der Waals surface area contributed by atoms with Gasteiger partial charge in [-0.15, -0.1) is 0 Å². The Bertz CT molecular complexity index is 654. The number of ether oxygens (including phenoxy) is 1. The molecular weight excluding hydrogens is 250 g/mol. The smallest absolute Gasteiger partial charge is 0.338 e. The van der Waals surface area contributed by atoms with E-state index < -0.39 is 5.97 Å². The molecule has 98 valence electrons. The molecule has 0 N–H and O–H groups in total. The van der Waals surface area contributed by atoms with E-state index in [1.165, 1.54) is 6.07 Å². The monoisotopic (exact) mass is 263 g/mol. The van der Waals surface area contributed by atoms with E-state index >= 15 is 0 Å². The molecule has 0 amide bonds. The summed E-state index contributed by atoms with van der Waals surface area (Å²) in [6.45, 7) is 0.199. The Labute approximate surface area is 117 Å². The van der Waals surface area contributed by atoms with Crippen molar-refractivity contribution in [2.24, 2.45) is 0 Å². The predicted octanol–water partition coefficient (Wildman–Crippen LogP) is 3.43. The Morgan fingerprint density at radius 2 is 1.95 bits per heavy atom. The van der Waals surface area contributed by atoms with Gasteiger partial charge in [-0.25, -0.2) is 4.79 Å². The molecule has 0 aliphatic heterocycles. The van der Waals surface area contributed by atoms with Crippen LogP contribution in [0.25, 0.3) is 6.08 Å². The highest BCUT2D eigenvalue weighted by molar-refractivity contribution is 5.89. The number of hydrogen-bond acceptors (Lipinski definition) is 3. The molecule has 2 aromatic rings. The van der Waals surface area contributed by atoms with E-state index in [1.807, 2.05) is 42.5 Å². The van der Waals surface area contributed by atoms with Crippen molar-refractivity contribution in [3.8, 4) is 6.07 Å². The van der Waals surface area contributed by atoms with Crippen LogP contribution in [0.2, 0.25) is 0 Å². The summed E-state index contributed by atoms with van der Waals surface area (Å²) in [5, 5.41) is 8.77. The second-order valence-electron chi connectivity index (χ2n) is 4.10. The third kappa shape index (κ3) is 3.82. The first-order valence-corrected chi connectivity index (χ1v) is 6.18. The standard InChI is InChI=1S/C17H13NO2/c18-13-15-8-4-10-16(12-15)17(19)20-11-5-9-14-6-2-1-3-7-14/h1-10,12H,11H2/b9-5+. The van der Waals surface area contributed by atoms with Crippen LogP contribution in [0.3, 0.4) is 0 Å². The second kappa shape index (κ2) is 6.91. The van der Waals surface area contributed by atoms with E-state index in [4.69, 9.17) is 10.00 Å². The van der Waals surface area contributed by atoms with Crippen LogP contribution in [0.15, 0.2) is 60.7 Å². The highest BCUT2D eigenvalue weighted by atomic mass is 16.5. The molecule has 3 heteroatoms. The summed E-state index contributed by atoms with van der Waals surface area (Å²) in [6.07, 6.45) is 3.67. The molecule has 0 radical (unpaired) electrons. The van der Waals surface area contributed by atoms with E-state index in [0.29, 0.717) is 11.1 Å². The number of nitrogens with zero attached hydrogens (tertiary/aromatic N) is 1. The largest absolute Gasteiger partial charge is 0.458 e. The van der Waals surface area contributed by atoms with Gasteiger partial charge in [-0.2, -0.15) is 5.26 Å². The normalized spacial score (nSPS) is 10.2. The molecule has 0 aliphatic carbocycles. The number of esters is 1. The minimum Gasteiger partial charge on any atom is -0.458 e. The molecule has 0 saturated heterocycles. The summed E-state index contributed by atoms with van der Waals surface area (Å²) in [5.74, 6) is -0.431. The molecule has 0 heterocycles. The molecular formula is C17H13NO2. The fourth-order valence-electron chi connectivity index (χ4n) is 1.67. The summed E-state index contributed by atoms with van der Waals surface area (Å²) >= 11 is 0. The third-order valence-electron chi connectivity index (χ3n) is 2.65. The maximum absolute atomic E-state index is 11.8. The molecule has 3 nitrogen and oxygen atoms in total. The Morgan fingerprint density at radius 1 is 1.15 bits per heavy atom. The summed E-state index contributed by atoms with van der Waals surface area (Å²) in [7, 11) is 0. The van der Waals surface area contributed by atoms with Crippen molar-refractivity contribution in [3.05, 3.63) is 77.4 Å². The minimum absolute atomic E-state index is 0.199. The molecule has 0 bridgehead atoms. The first-order valence-electron chi connectivity index (χ1n) is 6.18. The highest BCUT2D eigenvalue weighted by Gasteiger charge is 2.06. The van der Waals surface area contributed by atoms with Gasteiger partial charge in [0.05, 0.1) is 17.2 Å². The van der Waals surface area contributed by atoms with Crippen LogP contribution in [0.1, 0.15) is 21.5 Å². The van der Waals surface area contributed by atoms with Crippen molar-refractivity contribution in [1.82, 2.24) is 0 Å². The lowest BCUT2D eigenvalue weighted by atomic mass is 10.1. The minimum atomic E-state index is -0.431. The first-order chi connectivity index (χ1) is 9.79. The number of nitriles is 1. The lowest BCUT2D eigenvalue weighted by Gasteiger charge is -2.02. The first kappa shape index (κ1) is 13.6. The topological polar surface area (TPSA) is 50.1 Å². The number of carbonyl (C=O) groups is 1. The van der Waals surface area contributed by atoms with Gasteiger partial charge < -0.3 is 4.74 Å². The fourth-order valence-corrected chi connectivity index (χ4v) is 1.67. The third-order valence-corrected chi connectivity index (χ3v) is 2.65. The van der Waals surface area contributed by atoms with Crippen molar-refractivity contribution in [1.29, 1.82) is 5.26 Å². The summed E-state index contributed by atoms with van der Waals surface area (Å²) in [5.41, 5.74) is 1.88. The van der Waals surface area contributed by atoms with Gasteiger partial charge in [0.2, 0.25) is 0 Å². The maximum atomic E-state index is 11.8. The number of carbonyl (C=O) groups excluding carboxylic acids is 1. The molecule has 2 aromatic carbocycles. The molecule has 0 atom stereocenters. The average molecular weight is 263 g/mol. The molecule has 0 spiro atoms. The molecule has 20 heavy (non-hydrogen) atoms. The molecule has 0 aliphatic rings. The Balaban J connectivity index is 1.89. The molecule has 0 aromatic heterocycles. The van der Waals surface area contributed by atoms with Gasteiger partial charge in [-0.3, -0.25) is 0 Å². The zero-order chi connectivity index (χ0) is 14.2. The van der Waals surface area contributed by atoms with E-state index in [0.717, 1.165) is 5.56 Å². The van der Waals surface area contributed by atoms with Gasteiger partial charge in [0, 0.05) is 0 Å². The van der Waals surface area contributed by atoms with Gasteiger partial charge in [0.15, 0.2) is 0 Å². The van der Waals surface area contributed by atoms with Gasteiger partial charge in [-0.1, -0.05) is 42.5 Å². The van der Waals surface area contributed by atoms with Gasteiger partial charge in [-0.05, 0) is 29.8 Å². The van der Waals surface area contributed by atoms with Crippen molar-refractivity contribution in [3.63, 3.8) is 0 Å². The summed E-state index contributed by atoms with van der Waals surface area (Å²) in [6, 6.07) is 18.2. The SMILES string of the molecule is N#Cc1cccc(C(=O)OC/C=C/c2ccccc2)c1. The Morgan fingerprint density at radius 3 is 2.70 bits per heavy atom. The van der Waals surface area contributed by atoms with E-state index in [9.17, 15) is 4.79 Å². The highest BCUT2D eigenvalue weighted by Crippen LogP contribution is 2.06. The average Bonchev–Trinajstić information content (AvgIpc) is 2.52. The van der Waals surface area contributed by atoms with Crippen molar-refractivity contribution >= 4 is 12.0 Å². The molecule has 0 fully saturated rings. The van der Waals surface area contributed by atoms with E-state index in [-0.39, 0.29) is 6.61 Å². The molecule has 2 rings (SSSR count). The van der Waals surface area contributed by atoms with Gasteiger partial charge >= 0.3 is 5.97 Å². The summed E-state index contributed by atoms with van der Waals surface area (Å²) in [4.78, 5) is 11.8. The summed E-state index contributed by atoms with van der Waals surface area (Å²) < 4.78 is 5.11. The quantitative estimate of drug-likeness (QED) is 0.794. The van der Waals surface area contributed by atoms with Crippen LogP contribution in [-0.4, -0.2) is 12.6 Å². The lowest BCUT2D eigenvalue weighted by Crippen LogP contribution is -2.05. The van der Waals surface area contributed by atoms with Crippen LogP contribution in [-0.2, 0) is 4.74 Å².